The molecular weight excluding hydrogens is 475 g/mol. The molecule has 2 fully saturated rings. The second kappa shape index (κ2) is 9.44. The van der Waals surface area contributed by atoms with Crippen molar-refractivity contribution in [3.63, 3.8) is 0 Å². The average Bonchev–Trinajstić information content (AvgIpc) is 3.54. The number of piperidine rings is 1. The van der Waals surface area contributed by atoms with Crippen molar-refractivity contribution in [3.8, 4) is 5.69 Å². The lowest BCUT2D eigenvalue weighted by molar-refractivity contribution is -0.136. The Labute approximate surface area is 213 Å². The van der Waals surface area contributed by atoms with Crippen molar-refractivity contribution >= 4 is 23.4 Å². The lowest BCUT2D eigenvalue weighted by Crippen LogP contribution is -2.52. The van der Waals surface area contributed by atoms with E-state index in [1.54, 1.807) is 18.6 Å². The number of benzene rings is 2. The van der Waals surface area contributed by atoms with E-state index in [9.17, 15) is 14.4 Å². The van der Waals surface area contributed by atoms with E-state index < -0.39 is 17.8 Å². The molecule has 3 aliphatic heterocycles. The molecule has 3 amide bonds. The molecule has 1 atom stereocenters. The standard InChI is InChI=1S/C27H27FN6O3/c28-22-14-21-19(16-34(27(21)37)23-5-6-25(35)30-26(23)36)13-24(22)32-11-9-31(10-12-32)15-18-1-3-20(4-2-18)33-8-7-29-17-33/h1-4,7-8,13-14,17,23H,5-6,9-12,15-16H2,(H,30,35,36). The van der Waals surface area contributed by atoms with E-state index in [1.807, 2.05) is 15.7 Å². The first kappa shape index (κ1) is 23.4. The summed E-state index contributed by atoms with van der Waals surface area (Å²) in [5.74, 6) is -1.59. The molecule has 3 aromatic rings. The zero-order chi connectivity index (χ0) is 25.5. The Morgan fingerprint density at radius 2 is 1.81 bits per heavy atom. The van der Waals surface area contributed by atoms with Gasteiger partial charge in [0.2, 0.25) is 11.8 Å². The Morgan fingerprint density at radius 3 is 2.51 bits per heavy atom. The predicted molar refractivity (Wildman–Crippen MR) is 133 cm³/mol. The Kier molecular flexibility index (Phi) is 5.96. The number of rotatable bonds is 5. The molecular formula is C27H27FN6O3. The molecule has 0 aliphatic carbocycles. The van der Waals surface area contributed by atoms with Gasteiger partial charge in [0.05, 0.1) is 12.0 Å². The number of amides is 3. The van der Waals surface area contributed by atoms with Gasteiger partial charge in [0.1, 0.15) is 11.9 Å². The van der Waals surface area contributed by atoms with Gasteiger partial charge in [-0.1, -0.05) is 12.1 Å². The molecule has 37 heavy (non-hydrogen) atoms. The number of imidazole rings is 1. The van der Waals surface area contributed by atoms with E-state index >= 15 is 4.39 Å². The summed E-state index contributed by atoms with van der Waals surface area (Å²) in [6.07, 6.45) is 5.91. The minimum atomic E-state index is -0.707. The van der Waals surface area contributed by atoms with Gasteiger partial charge in [-0.25, -0.2) is 9.37 Å². The van der Waals surface area contributed by atoms with Crippen LogP contribution in [0.4, 0.5) is 10.1 Å². The van der Waals surface area contributed by atoms with E-state index in [0.29, 0.717) is 29.9 Å². The fourth-order valence-electron chi connectivity index (χ4n) is 5.41. The number of hydrogen-bond donors (Lipinski definition) is 1. The number of carbonyl (C=O) groups is 3. The number of carbonyl (C=O) groups excluding carboxylic acids is 3. The van der Waals surface area contributed by atoms with E-state index in [0.717, 1.165) is 25.3 Å². The Hall–Kier alpha value is -4.05. The van der Waals surface area contributed by atoms with Crippen LogP contribution in [0, 0.1) is 5.82 Å². The lowest BCUT2D eigenvalue weighted by Gasteiger charge is -2.36. The van der Waals surface area contributed by atoms with Gasteiger partial charge < -0.3 is 14.4 Å². The van der Waals surface area contributed by atoms with Crippen LogP contribution in [0.3, 0.4) is 0 Å². The van der Waals surface area contributed by atoms with Crippen LogP contribution in [-0.4, -0.2) is 69.3 Å². The molecule has 2 saturated heterocycles. The first-order valence-electron chi connectivity index (χ1n) is 12.5. The van der Waals surface area contributed by atoms with Crippen LogP contribution in [0.2, 0.25) is 0 Å². The van der Waals surface area contributed by atoms with Crippen LogP contribution in [0.25, 0.3) is 5.69 Å². The van der Waals surface area contributed by atoms with Crippen molar-refractivity contribution in [3.05, 3.63) is 77.6 Å². The zero-order valence-corrected chi connectivity index (χ0v) is 20.3. The molecule has 1 unspecified atom stereocenters. The highest BCUT2D eigenvalue weighted by Crippen LogP contribution is 2.33. The topological polar surface area (TPSA) is 90.8 Å². The van der Waals surface area contributed by atoms with Crippen LogP contribution in [0.1, 0.15) is 34.3 Å². The van der Waals surface area contributed by atoms with Crippen LogP contribution in [0.5, 0.6) is 0 Å². The second-order valence-electron chi connectivity index (χ2n) is 9.76. The molecule has 3 aliphatic rings. The van der Waals surface area contributed by atoms with Gasteiger partial charge in [0.15, 0.2) is 0 Å². The smallest absolute Gasteiger partial charge is 0.255 e. The maximum Gasteiger partial charge on any atom is 0.255 e. The minimum Gasteiger partial charge on any atom is -0.367 e. The van der Waals surface area contributed by atoms with E-state index in [2.05, 4.69) is 39.5 Å². The highest BCUT2D eigenvalue weighted by atomic mass is 19.1. The predicted octanol–water partition coefficient (Wildman–Crippen LogP) is 2.09. The zero-order valence-electron chi connectivity index (χ0n) is 20.3. The Morgan fingerprint density at radius 1 is 1.03 bits per heavy atom. The third kappa shape index (κ3) is 4.48. The number of aromatic nitrogens is 2. The van der Waals surface area contributed by atoms with Gasteiger partial charge in [-0.2, -0.15) is 0 Å². The number of anilines is 1. The first-order valence-corrected chi connectivity index (χ1v) is 12.5. The Bertz CT molecular complexity index is 1350. The molecule has 9 nitrogen and oxygen atoms in total. The second-order valence-corrected chi connectivity index (χ2v) is 9.76. The highest BCUT2D eigenvalue weighted by Gasteiger charge is 2.40. The number of hydrogen-bond acceptors (Lipinski definition) is 6. The molecule has 6 rings (SSSR count). The van der Waals surface area contributed by atoms with Crippen LogP contribution >= 0.6 is 0 Å². The quantitative estimate of drug-likeness (QED) is 0.538. The maximum atomic E-state index is 15.1. The molecule has 10 heteroatoms. The van der Waals surface area contributed by atoms with E-state index in [4.69, 9.17) is 0 Å². The average molecular weight is 503 g/mol. The summed E-state index contributed by atoms with van der Waals surface area (Å²) in [6, 6.07) is 10.7. The van der Waals surface area contributed by atoms with Crippen LogP contribution in [0.15, 0.2) is 55.1 Å². The summed E-state index contributed by atoms with van der Waals surface area (Å²) < 4.78 is 17.1. The molecule has 1 aromatic heterocycles. The van der Waals surface area contributed by atoms with Crippen molar-refractivity contribution in [2.24, 2.45) is 0 Å². The molecule has 190 valence electrons. The normalized spacial score (nSPS) is 20.4. The summed E-state index contributed by atoms with van der Waals surface area (Å²) in [6.45, 7) is 3.99. The van der Waals surface area contributed by atoms with Crippen molar-refractivity contribution in [2.75, 3.05) is 31.1 Å². The Balaban J connectivity index is 1.09. The third-order valence-electron chi connectivity index (χ3n) is 7.45. The molecule has 1 N–H and O–H groups in total. The monoisotopic (exact) mass is 502 g/mol. The lowest BCUT2D eigenvalue weighted by atomic mass is 10.0. The molecule has 0 bridgehead atoms. The summed E-state index contributed by atoms with van der Waals surface area (Å²) in [5, 5.41) is 2.30. The number of piperazine rings is 1. The van der Waals surface area contributed by atoms with Crippen LogP contribution < -0.4 is 10.2 Å². The van der Waals surface area contributed by atoms with Gasteiger partial charge in [-0.05, 0) is 41.8 Å². The van der Waals surface area contributed by atoms with Crippen molar-refractivity contribution in [1.82, 2.24) is 24.7 Å². The molecule has 2 aromatic carbocycles. The highest BCUT2D eigenvalue weighted by molar-refractivity contribution is 6.05. The van der Waals surface area contributed by atoms with E-state index in [1.165, 1.54) is 16.5 Å². The number of halogens is 1. The van der Waals surface area contributed by atoms with Crippen molar-refractivity contribution in [2.45, 2.75) is 32.0 Å². The van der Waals surface area contributed by atoms with Crippen LogP contribution in [-0.2, 0) is 22.7 Å². The third-order valence-corrected chi connectivity index (χ3v) is 7.45. The van der Waals surface area contributed by atoms with Gasteiger partial charge >= 0.3 is 0 Å². The van der Waals surface area contributed by atoms with Gasteiger partial charge in [0.25, 0.3) is 5.91 Å². The fourth-order valence-corrected chi connectivity index (χ4v) is 5.41. The summed E-state index contributed by atoms with van der Waals surface area (Å²) in [4.78, 5) is 46.6. The maximum absolute atomic E-state index is 15.1. The van der Waals surface area contributed by atoms with Gasteiger partial charge in [-0.3, -0.25) is 24.6 Å². The largest absolute Gasteiger partial charge is 0.367 e. The molecule has 0 saturated carbocycles. The van der Waals surface area contributed by atoms with E-state index in [-0.39, 0.29) is 31.2 Å². The summed E-state index contributed by atoms with van der Waals surface area (Å²) >= 11 is 0. The first-order chi connectivity index (χ1) is 18.0. The minimum absolute atomic E-state index is 0.190. The number of fused-ring (bicyclic) bond motifs is 1. The molecule has 0 spiro atoms. The number of imide groups is 1. The SMILES string of the molecule is O=C1CCC(N2Cc3cc(N4CCN(Cc5ccc(-n6ccnc6)cc5)CC4)c(F)cc3C2=O)C(=O)N1. The summed E-state index contributed by atoms with van der Waals surface area (Å²) in [5.41, 5.74) is 3.78. The summed E-state index contributed by atoms with van der Waals surface area (Å²) in [7, 11) is 0. The molecule has 4 heterocycles. The fraction of sp³-hybridized carbons (Fsp3) is 0.333. The molecule has 0 radical (unpaired) electrons. The van der Waals surface area contributed by atoms with Gasteiger partial charge in [0, 0.05) is 69.3 Å². The van der Waals surface area contributed by atoms with Crippen molar-refractivity contribution in [1.29, 1.82) is 0 Å². The number of nitrogens with one attached hydrogen (secondary N) is 1. The van der Waals surface area contributed by atoms with Crippen molar-refractivity contribution < 1.29 is 18.8 Å². The van der Waals surface area contributed by atoms with Gasteiger partial charge in [-0.15, -0.1) is 0 Å². The number of nitrogens with zero attached hydrogens (tertiary/aromatic N) is 5.